The Bertz CT molecular complexity index is 500. The third-order valence-electron chi connectivity index (χ3n) is 2.94. The molecule has 1 heterocycles. The van der Waals surface area contributed by atoms with Gasteiger partial charge in [-0.05, 0) is 32.0 Å². The van der Waals surface area contributed by atoms with Crippen LogP contribution in [-0.4, -0.2) is 11.7 Å². The van der Waals surface area contributed by atoms with Crippen molar-refractivity contribution in [1.29, 1.82) is 0 Å². The van der Waals surface area contributed by atoms with E-state index in [1.165, 1.54) is 5.52 Å². The van der Waals surface area contributed by atoms with Gasteiger partial charge in [0.05, 0.1) is 12.6 Å². The van der Waals surface area contributed by atoms with Crippen LogP contribution >= 0.6 is 0 Å². The van der Waals surface area contributed by atoms with Crippen LogP contribution in [0.4, 0.5) is 0 Å². The molecule has 3 heteroatoms. The summed E-state index contributed by atoms with van der Waals surface area (Å²) in [6.07, 6.45) is 0. The first-order valence-electron chi connectivity index (χ1n) is 5.60. The number of aryl methyl sites for hydroxylation is 1. The molecular weight excluding hydrogens is 200 g/mol. The van der Waals surface area contributed by atoms with E-state index in [-0.39, 0.29) is 6.04 Å². The molecule has 0 aliphatic carbocycles. The van der Waals surface area contributed by atoms with Gasteiger partial charge < -0.3 is 15.0 Å². The third kappa shape index (κ3) is 1.57. The van der Waals surface area contributed by atoms with Crippen LogP contribution in [0, 0.1) is 0 Å². The third-order valence-corrected chi connectivity index (χ3v) is 2.94. The van der Waals surface area contributed by atoms with E-state index in [1.54, 1.807) is 7.11 Å². The monoisotopic (exact) mass is 218 g/mol. The molecule has 1 aromatic heterocycles. The standard InChI is InChI=1S/C13H18N2O/c1-4-15-11-6-5-7-13(16-3)10(11)8-12(15)9(2)14/h5-9H,4,14H2,1-3H3. The van der Waals surface area contributed by atoms with Crippen LogP contribution in [-0.2, 0) is 6.54 Å². The van der Waals surface area contributed by atoms with Crippen molar-refractivity contribution in [2.75, 3.05) is 7.11 Å². The molecule has 1 aromatic carbocycles. The predicted octanol–water partition coefficient (Wildman–Crippen LogP) is 2.69. The lowest BCUT2D eigenvalue weighted by Crippen LogP contribution is -2.11. The Morgan fingerprint density at radius 3 is 2.75 bits per heavy atom. The maximum Gasteiger partial charge on any atom is 0.128 e. The first-order chi connectivity index (χ1) is 7.69. The van der Waals surface area contributed by atoms with Crippen LogP contribution in [0.2, 0.25) is 0 Å². The Morgan fingerprint density at radius 2 is 2.19 bits per heavy atom. The molecule has 0 amide bonds. The van der Waals surface area contributed by atoms with E-state index in [0.29, 0.717) is 0 Å². The van der Waals surface area contributed by atoms with Crippen LogP contribution in [0.1, 0.15) is 25.6 Å². The molecule has 0 saturated heterocycles. The van der Waals surface area contributed by atoms with Crippen molar-refractivity contribution in [3.63, 3.8) is 0 Å². The van der Waals surface area contributed by atoms with Crippen molar-refractivity contribution in [2.24, 2.45) is 5.73 Å². The van der Waals surface area contributed by atoms with Gasteiger partial charge in [-0.3, -0.25) is 0 Å². The number of benzene rings is 1. The van der Waals surface area contributed by atoms with Crippen LogP contribution in [0.5, 0.6) is 5.75 Å². The summed E-state index contributed by atoms with van der Waals surface area (Å²) in [6, 6.07) is 8.26. The van der Waals surface area contributed by atoms with E-state index in [1.807, 2.05) is 19.1 Å². The van der Waals surface area contributed by atoms with E-state index in [2.05, 4.69) is 23.6 Å². The summed E-state index contributed by atoms with van der Waals surface area (Å²) < 4.78 is 7.60. The van der Waals surface area contributed by atoms with Gasteiger partial charge in [0.1, 0.15) is 5.75 Å². The fourth-order valence-corrected chi connectivity index (χ4v) is 2.19. The summed E-state index contributed by atoms with van der Waals surface area (Å²) in [7, 11) is 1.70. The summed E-state index contributed by atoms with van der Waals surface area (Å²) in [4.78, 5) is 0. The van der Waals surface area contributed by atoms with E-state index in [0.717, 1.165) is 23.4 Å². The molecule has 1 atom stereocenters. The highest BCUT2D eigenvalue weighted by atomic mass is 16.5. The smallest absolute Gasteiger partial charge is 0.128 e. The van der Waals surface area contributed by atoms with Gasteiger partial charge in [-0.15, -0.1) is 0 Å². The van der Waals surface area contributed by atoms with Gasteiger partial charge in [0.2, 0.25) is 0 Å². The minimum absolute atomic E-state index is 0.0389. The molecule has 1 unspecified atom stereocenters. The lowest BCUT2D eigenvalue weighted by molar-refractivity contribution is 0.420. The molecular formula is C13H18N2O. The van der Waals surface area contributed by atoms with Gasteiger partial charge in [-0.1, -0.05) is 6.07 Å². The number of nitrogens with two attached hydrogens (primary N) is 1. The van der Waals surface area contributed by atoms with Crippen LogP contribution < -0.4 is 10.5 Å². The largest absolute Gasteiger partial charge is 0.496 e. The maximum atomic E-state index is 5.98. The number of hydrogen-bond acceptors (Lipinski definition) is 2. The van der Waals surface area contributed by atoms with Gasteiger partial charge in [0.25, 0.3) is 0 Å². The van der Waals surface area contributed by atoms with E-state index in [9.17, 15) is 0 Å². The zero-order valence-electron chi connectivity index (χ0n) is 10.0. The summed E-state index contributed by atoms with van der Waals surface area (Å²) >= 11 is 0. The number of fused-ring (bicyclic) bond motifs is 1. The quantitative estimate of drug-likeness (QED) is 0.860. The normalized spacial score (nSPS) is 13.0. The second kappa shape index (κ2) is 4.18. The highest BCUT2D eigenvalue weighted by molar-refractivity contribution is 5.87. The lowest BCUT2D eigenvalue weighted by Gasteiger charge is -2.10. The van der Waals surface area contributed by atoms with Crippen LogP contribution in [0.25, 0.3) is 10.9 Å². The predicted molar refractivity (Wildman–Crippen MR) is 66.8 cm³/mol. The Balaban J connectivity index is 2.75. The molecule has 0 aliphatic rings. The van der Waals surface area contributed by atoms with E-state index < -0.39 is 0 Å². The van der Waals surface area contributed by atoms with Crippen molar-refractivity contribution >= 4 is 10.9 Å². The maximum absolute atomic E-state index is 5.98. The molecule has 0 aliphatic heterocycles. The van der Waals surface area contributed by atoms with Crippen molar-refractivity contribution in [3.8, 4) is 5.75 Å². The molecule has 2 N–H and O–H groups in total. The fourth-order valence-electron chi connectivity index (χ4n) is 2.19. The molecule has 0 fully saturated rings. The zero-order valence-corrected chi connectivity index (χ0v) is 10.0. The number of hydrogen-bond donors (Lipinski definition) is 1. The topological polar surface area (TPSA) is 40.2 Å². The number of rotatable bonds is 3. The molecule has 0 spiro atoms. The minimum atomic E-state index is 0.0389. The molecule has 0 bridgehead atoms. The summed E-state index contributed by atoms with van der Waals surface area (Å²) in [5.74, 6) is 0.909. The Hall–Kier alpha value is -1.48. The van der Waals surface area contributed by atoms with Crippen LogP contribution in [0.15, 0.2) is 24.3 Å². The van der Waals surface area contributed by atoms with Gasteiger partial charge in [-0.25, -0.2) is 0 Å². The van der Waals surface area contributed by atoms with E-state index >= 15 is 0 Å². The summed E-state index contributed by atoms with van der Waals surface area (Å²) in [6.45, 7) is 5.06. The molecule has 3 nitrogen and oxygen atoms in total. The molecule has 0 radical (unpaired) electrons. The van der Waals surface area contributed by atoms with Gasteiger partial charge in [0.15, 0.2) is 0 Å². The molecule has 0 saturated carbocycles. The first kappa shape index (κ1) is 11.0. The molecule has 86 valence electrons. The Morgan fingerprint density at radius 1 is 1.44 bits per heavy atom. The number of aromatic nitrogens is 1. The average Bonchev–Trinajstić information content (AvgIpc) is 2.67. The number of nitrogens with zero attached hydrogens (tertiary/aromatic N) is 1. The molecule has 2 aromatic rings. The Kier molecular flexibility index (Phi) is 2.88. The van der Waals surface area contributed by atoms with Crippen molar-refractivity contribution in [3.05, 3.63) is 30.0 Å². The molecule has 2 rings (SSSR count). The average molecular weight is 218 g/mol. The summed E-state index contributed by atoms with van der Waals surface area (Å²) in [5, 5.41) is 1.14. The van der Waals surface area contributed by atoms with E-state index in [4.69, 9.17) is 10.5 Å². The summed E-state index contributed by atoms with van der Waals surface area (Å²) in [5.41, 5.74) is 8.33. The van der Waals surface area contributed by atoms with Crippen molar-refractivity contribution in [2.45, 2.75) is 26.4 Å². The zero-order chi connectivity index (χ0) is 11.7. The van der Waals surface area contributed by atoms with Crippen molar-refractivity contribution in [1.82, 2.24) is 4.57 Å². The second-order valence-electron chi connectivity index (χ2n) is 4.00. The van der Waals surface area contributed by atoms with Gasteiger partial charge >= 0.3 is 0 Å². The lowest BCUT2D eigenvalue weighted by atomic mass is 10.2. The van der Waals surface area contributed by atoms with Crippen LogP contribution in [0.3, 0.4) is 0 Å². The van der Waals surface area contributed by atoms with Crippen molar-refractivity contribution < 1.29 is 4.74 Å². The SMILES string of the molecule is CCn1c(C(C)N)cc2c(OC)cccc21. The first-order valence-corrected chi connectivity index (χ1v) is 5.60. The Labute approximate surface area is 95.8 Å². The highest BCUT2D eigenvalue weighted by Crippen LogP contribution is 2.30. The molecule has 16 heavy (non-hydrogen) atoms. The van der Waals surface area contributed by atoms with Gasteiger partial charge in [0, 0.05) is 23.7 Å². The number of ether oxygens (including phenoxy) is 1. The highest BCUT2D eigenvalue weighted by Gasteiger charge is 2.13. The minimum Gasteiger partial charge on any atom is -0.496 e. The second-order valence-corrected chi connectivity index (χ2v) is 4.00. The number of methoxy groups -OCH3 is 1. The van der Waals surface area contributed by atoms with Gasteiger partial charge in [-0.2, -0.15) is 0 Å². The fraction of sp³-hybridized carbons (Fsp3) is 0.385.